The van der Waals surface area contributed by atoms with E-state index in [-0.39, 0.29) is 11.1 Å². The van der Waals surface area contributed by atoms with Crippen molar-refractivity contribution in [2.24, 2.45) is 0 Å². The largest absolute Gasteiger partial charge is 0.324 e. The fraction of sp³-hybridized carbons (Fsp3) is 0.448. The zero-order valence-corrected chi connectivity index (χ0v) is 23.2. The van der Waals surface area contributed by atoms with Crippen molar-refractivity contribution < 1.29 is 0 Å². The van der Waals surface area contributed by atoms with Gasteiger partial charge in [0.05, 0.1) is 5.69 Å². The molecule has 9 nitrogen and oxygen atoms in total. The van der Waals surface area contributed by atoms with Gasteiger partial charge in [0.15, 0.2) is 5.65 Å². The van der Waals surface area contributed by atoms with Crippen LogP contribution in [0.5, 0.6) is 0 Å². The van der Waals surface area contributed by atoms with Crippen LogP contribution in [0.15, 0.2) is 52.3 Å². The van der Waals surface area contributed by atoms with E-state index in [1.165, 1.54) is 30.0 Å². The molecule has 0 unspecified atom stereocenters. The first-order valence-corrected chi connectivity index (χ1v) is 13.3. The molecule has 0 radical (unpaired) electrons. The lowest BCUT2D eigenvalue weighted by molar-refractivity contribution is 0.255. The Morgan fingerprint density at radius 2 is 1.82 bits per heavy atom. The third kappa shape index (κ3) is 4.78. The van der Waals surface area contributed by atoms with Crippen molar-refractivity contribution >= 4 is 22.7 Å². The fourth-order valence-corrected chi connectivity index (χ4v) is 5.42. The second kappa shape index (κ2) is 9.87. The van der Waals surface area contributed by atoms with Gasteiger partial charge >= 0.3 is 0 Å². The minimum Gasteiger partial charge on any atom is -0.324 e. The SMILES string of the molecule is CCn1c(=O)c2cnc(Nc3ccc(C4CCN(C)CC4)c(C)c3)nc2n1-c1ccc(=O)n(C(C)(C)C)c1. The van der Waals surface area contributed by atoms with Gasteiger partial charge in [-0.3, -0.25) is 9.59 Å². The van der Waals surface area contributed by atoms with E-state index >= 15 is 0 Å². The Morgan fingerprint density at radius 3 is 2.47 bits per heavy atom. The van der Waals surface area contributed by atoms with Crippen LogP contribution in [0, 0.1) is 6.92 Å². The summed E-state index contributed by atoms with van der Waals surface area (Å²) < 4.78 is 5.07. The Labute approximate surface area is 222 Å². The summed E-state index contributed by atoms with van der Waals surface area (Å²) in [5, 5.41) is 3.76. The number of benzene rings is 1. The smallest absolute Gasteiger partial charge is 0.278 e. The van der Waals surface area contributed by atoms with E-state index < -0.39 is 5.54 Å². The first-order chi connectivity index (χ1) is 18.1. The zero-order chi connectivity index (χ0) is 27.2. The number of fused-ring (bicyclic) bond motifs is 1. The highest BCUT2D eigenvalue weighted by Crippen LogP contribution is 2.31. The van der Waals surface area contributed by atoms with Crippen molar-refractivity contribution in [3.63, 3.8) is 0 Å². The minimum atomic E-state index is -0.410. The van der Waals surface area contributed by atoms with Gasteiger partial charge in [0.1, 0.15) is 5.39 Å². The Balaban J connectivity index is 1.52. The highest BCUT2D eigenvalue weighted by molar-refractivity contribution is 5.77. The molecule has 0 saturated carbocycles. The van der Waals surface area contributed by atoms with Gasteiger partial charge in [-0.1, -0.05) is 6.07 Å². The Morgan fingerprint density at radius 1 is 1.08 bits per heavy atom. The molecule has 4 heterocycles. The van der Waals surface area contributed by atoms with Crippen LogP contribution in [0.4, 0.5) is 11.6 Å². The number of hydrogen-bond acceptors (Lipinski definition) is 6. The molecule has 1 aliphatic heterocycles. The molecule has 5 rings (SSSR count). The van der Waals surface area contributed by atoms with Crippen LogP contribution < -0.4 is 16.4 Å². The number of piperidine rings is 1. The van der Waals surface area contributed by atoms with Crippen molar-refractivity contribution in [3.05, 3.63) is 74.6 Å². The number of aryl methyl sites for hydroxylation is 1. The van der Waals surface area contributed by atoms with Gasteiger partial charge < -0.3 is 14.8 Å². The van der Waals surface area contributed by atoms with Crippen molar-refractivity contribution in [1.29, 1.82) is 0 Å². The second-order valence-corrected chi connectivity index (χ2v) is 11.3. The number of anilines is 2. The lowest BCUT2D eigenvalue weighted by Gasteiger charge is -2.30. The van der Waals surface area contributed by atoms with E-state index in [1.54, 1.807) is 32.4 Å². The number of aromatic nitrogens is 5. The molecule has 0 spiro atoms. The van der Waals surface area contributed by atoms with Gasteiger partial charge in [-0.2, -0.15) is 4.98 Å². The molecule has 0 bridgehead atoms. The van der Waals surface area contributed by atoms with Crippen LogP contribution in [-0.2, 0) is 12.1 Å². The highest BCUT2D eigenvalue weighted by atomic mass is 16.1. The van der Waals surface area contributed by atoms with Gasteiger partial charge in [0.2, 0.25) is 5.95 Å². The summed E-state index contributed by atoms with van der Waals surface area (Å²) in [5.41, 5.74) is 4.08. The predicted molar refractivity (Wildman–Crippen MR) is 152 cm³/mol. The average Bonchev–Trinajstić information content (AvgIpc) is 3.15. The van der Waals surface area contributed by atoms with Crippen molar-refractivity contribution in [1.82, 2.24) is 28.8 Å². The first-order valence-electron chi connectivity index (χ1n) is 13.3. The summed E-state index contributed by atoms with van der Waals surface area (Å²) in [6.07, 6.45) is 5.72. The molecule has 3 aromatic heterocycles. The average molecular weight is 516 g/mol. The summed E-state index contributed by atoms with van der Waals surface area (Å²) in [5.74, 6) is 1.00. The monoisotopic (exact) mass is 515 g/mol. The van der Waals surface area contributed by atoms with Crippen LogP contribution in [0.1, 0.15) is 57.6 Å². The molecule has 4 aromatic rings. The predicted octanol–water partition coefficient (Wildman–Crippen LogP) is 4.38. The minimum absolute atomic E-state index is 0.0980. The molecule has 0 amide bonds. The van der Waals surface area contributed by atoms with Gasteiger partial charge in [0.25, 0.3) is 11.1 Å². The third-order valence-corrected chi connectivity index (χ3v) is 7.52. The molecule has 0 aliphatic carbocycles. The van der Waals surface area contributed by atoms with E-state index in [2.05, 4.69) is 47.4 Å². The fourth-order valence-electron chi connectivity index (χ4n) is 5.42. The van der Waals surface area contributed by atoms with Gasteiger partial charge in [0, 0.05) is 36.2 Å². The maximum Gasteiger partial charge on any atom is 0.278 e. The zero-order valence-electron chi connectivity index (χ0n) is 23.2. The number of rotatable bonds is 5. The first kappa shape index (κ1) is 25.9. The highest BCUT2D eigenvalue weighted by Gasteiger charge is 2.21. The molecule has 1 aromatic carbocycles. The van der Waals surface area contributed by atoms with Crippen LogP contribution in [0.3, 0.4) is 0 Å². The number of nitrogens with one attached hydrogen (secondary N) is 1. The number of hydrogen-bond donors (Lipinski definition) is 1. The van der Waals surface area contributed by atoms with E-state index in [0.717, 1.165) is 18.8 Å². The summed E-state index contributed by atoms with van der Waals surface area (Å²) in [6, 6.07) is 9.70. The maximum atomic E-state index is 13.2. The van der Waals surface area contributed by atoms with E-state index in [1.807, 2.05) is 27.7 Å². The second-order valence-electron chi connectivity index (χ2n) is 11.3. The normalized spacial score (nSPS) is 15.3. The van der Waals surface area contributed by atoms with Crippen LogP contribution in [0.25, 0.3) is 16.7 Å². The standard InChI is InChI=1S/C29H37N7O2/c1-7-35-27(38)24-17-30-28(31-21-8-10-23(19(2)16-21)20-12-14-33(6)15-13-20)32-26(24)36(35)22-9-11-25(37)34(18-22)29(3,4)5/h8-11,16-18,20H,7,12-15H2,1-6H3,(H,30,31,32). The van der Waals surface area contributed by atoms with E-state index in [0.29, 0.717) is 35.1 Å². The van der Waals surface area contributed by atoms with E-state index in [4.69, 9.17) is 4.98 Å². The van der Waals surface area contributed by atoms with Crippen LogP contribution in [0.2, 0.25) is 0 Å². The number of likely N-dealkylation sites (tertiary alicyclic amines) is 1. The summed E-state index contributed by atoms with van der Waals surface area (Å²) >= 11 is 0. The van der Waals surface area contributed by atoms with Crippen LogP contribution in [-0.4, -0.2) is 48.9 Å². The molecule has 1 saturated heterocycles. The number of pyridine rings is 1. The Kier molecular flexibility index (Phi) is 6.73. The molecule has 38 heavy (non-hydrogen) atoms. The van der Waals surface area contributed by atoms with Gasteiger partial charge in [-0.05, 0) is 103 Å². The van der Waals surface area contributed by atoms with Crippen molar-refractivity contribution in [3.8, 4) is 5.69 Å². The Hall–Kier alpha value is -3.72. The van der Waals surface area contributed by atoms with Gasteiger partial charge in [-0.15, -0.1) is 0 Å². The lowest BCUT2D eigenvalue weighted by Crippen LogP contribution is -2.33. The summed E-state index contributed by atoms with van der Waals surface area (Å²) in [7, 11) is 2.18. The van der Waals surface area contributed by atoms with Crippen molar-refractivity contribution in [2.45, 2.75) is 65.5 Å². The topological polar surface area (TPSA) is 90.0 Å². The maximum absolute atomic E-state index is 13.2. The molecular weight excluding hydrogens is 478 g/mol. The summed E-state index contributed by atoms with van der Waals surface area (Å²) in [6.45, 7) is 12.7. The molecular formula is C29H37N7O2. The third-order valence-electron chi connectivity index (χ3n) is 7.52. The lowest BCUT2D eigenvalue weighted by atomic mass is 9.87. The number of nitrogens with zero attached hydrogens (tertiary/aromatic N) is 6. The molecule has 9 heteroatoms. The van der Waals surface area contributed by atoms with E-state index in [9.17, 15) is 9.59 Å². The van der Waals surface area contributed by atoms with Crippen LogP contribution >= 0.6 is 0 Å². The molecule has 1 aliphatic rings. The summed E-state index contributed by atoms with van der Waals surface area (Å²) in [4.78, 5) is 37.4. The van der Waals surface area contributed by atoms with Gasteiger partial charge in [-0.25, -0.2) is 14.3 Å². The molecule has 1 fully saturated rings. The van der Waals surface area contributed by atoms with Crippen molar-refractivity contribution in [2.75, 3.05) is 25.5 Å². The quantitative estimate of drug-likeness (QED) is 0.424. The molecule has 1 N–H and O–H groups in total. The Bertz CT molecular complexity index is 1600. The molecule has 200 valence electrons. The molecule has 0 atom stereocenters.